The van der Waals surface area contributed by atoms with E-state index >= 15 is 0 Å². The SMILES string of the molecule is COc1ccc(-n2cnnc2C(C)n2cccn2)cc1. The van der Waals surface area contributed by atoms with E-state index in [4.69, 9.17) is 4.74 Å². The molecule has 0 aliphatic rings. The van der Waals surface area contributed by atoms with E-state index in [1.165, 1.54) is 0 Å². The van der Waals surface area contributed by atoms with Crippen LogP contribution >= 0.6 is 0 Å². The average Bonchev–Trinajstić information content (AvgIpc) is 3.18. The third-order valence-corrected chi connectivity index (χ3v) is 3.22. The monoisotopic (exact) mass is 269 g/mol. The minimum atomic E-state index is 0.00889. The number of ether oxygens (including phenoxy) is 1. The summed E-state index contributed by atoms with van der Waals surface area (Å²) in [5.41, 5.74) is 0.991. The van der Waals surface area contributed by atoms with Crippen LogP contribution in [0, 0.1) is 0 Å². The van der Waals surface area contributed by atoms with E-state index in [-0.39, 0.29) is 6.04 Å². The fourth-order valence-corrected chi connectivity index (χ4v) is 2.10. The quantitative estimate of drug-likeness (QED) is 0.727. The lowest BCUT2D eigenvalue weighted by Crippen LogP contribution is -2.13. The molecule has 6 nitrogen and oxygen atoms in total. The van der Waals surface area contributed by atoms with Gasteiger partial charge >= 0.3 is 0 Å². The lowest BCUT2D eigenvalue weighted by atomic mass is 10.2. The summed E-state index contributed by atoms with van der Waals surface area (Å²) < 4.78 is 8.97. The lowest BCUT2D eigenvalue weighted by molar-refractivity contribution is 0.414. The van der Waals surface area contributed by atoms with E-state index in [0.29, 0.717) is 0 Å². The summed E-state index contributed by atoms with van der Waals surface area (Å²) in [6.45, 7) is 2.04. The largest absolute Gasteiger partial charge is 0.497 e. The van der Waals surface area contributed by atoms with Crippen LogP contribution in [-0.2, 0) is 0 Å². The van der Waals surface area contributed by atoms with Crippen molar-refractivity contribution in [1.82, 2.24) is 24.5 Å². The molecule has 0 amide bonds. The zero-order chi connectivity index (χ0) is 13.9. The minimum Gasteiger partial charge on any atom is -0.497 e. The van der Waals surface area contributed by atoms with Crippen molar-refractivity contribution in [3.63, 3.8) is 0 Å². The van der Waals surface area contributed by atoms with Crippen molar-refractivity contribution in [1.29, 1.82) is 0 Å². The summed E-state index contributed by atoms with van der Waals surface area (Å²) >= 11 is 0. The Bertz CT molecular complexity index is 672. The Hall–Kier alpha value is -2.63. The predicted octanol–water partition coefficient (Wildman–Crippen LogP) is 2.08. The third-order valence-electron chi connectivity index (χ3n) is 3.22. The summed E-state index contributed by atoms with van der Waals surface area (Å²) in [5, 5.41) is 12.5. The van der Waals surface area contributed by atoms with Gasteiger partial charge in [-0.1, -0.05) is 0 Å². The summed E-state index contributed by atoms with van der Waals surface area (Å²) in [6.07, 6.45) is 5.37. The van der Waals surface area contributed by atoms with Crippen LogP contribution in [0.15, 0.2) is 49.1 Å². The van der Waals surface area contributed by atoms with Gasteiger partial charge in [-0.05, 0) is 37.3 Å². The molecule has 20 heavy (non-hydrogen) atoms. The molecule has 0 radical (unpaired) electrons. The third kappa shape index (κ3) is 2.16. The van der Waals surface area contributed by atoms with Gasteiger partial charge in [-0.2, -0.15) is 5.10 Å². The summed E-state index contributed by atoms with van der Waals surface area (Å²) in [4.78, 5) is 0. The van der Waals surface area contributed by atoms with E-state index in [2.05, 4.69) is 15.3 Å². The van der Waals surface area contributed by atoms with Gasteiger partial charge in [-0.15, -0.1) is 10.2 Å². The first-order valence-electron chi connectivity index (χ1n) is 6.33. The number of nitrogens with zero attached hydrogens (tertiary/aromatic N) is 5. The maximum absolute atomic E-state index is 5.17. The standard InChI is InChI=1S/C14H15N5O/c1-11(19-9-3-8-16-19)14-17-15-10-18(14)12-4-6-13(20-2)7-5-12/h3-11H,1-2H3. The zero-order valence-electron chi connectivity index (χ0n) is 11.3. The first kappa shape index (κ1) is 12.4. The number of aromatic nitrogens is 5. The van der Waals surface area contributed by atoms with Gasteiger partial charge in [0, 0.05) is 18.1 Å². The van der Waals surface area contributed by atoms with Gasteiger partial charge in [0.2, 0.25) is 0 Å². The lowest BCUT2D eigenvalue weighted by Gasteiger charge is -2.13. The molecule has 1 aromatic carbocycles. The van der Waals surface area contributed by atoms with Crippen molar-refractivity contribution in [2.45, 2.75) is 13.0 Å². The highest BCUT2D eigenvalue weighted by atomic mass is 16.5. The first-order valence-corrected chi connectivity index (χ1v) is 6.33. The van der Waals surface area contributed by atoms with Gasteiger partial charge < -0.3 is 4.74 Å². The molecule has 0 fully saturated rings. The van der Waals surface area contributed by atoms with Crippen molar-refractivity contribution < 1.29 is 4.74 Å². The Balaban J connectivity index is 1.97. The topological polar surface area (TPSA) is 57.8 Å². The number of benzene rings is 1. The number of hydrogen-bond acceptors (Lipinski definition) is 4. The molecular formula is C14H15N5O. The van der Waals surface area contributed by atoms with E-state index in [9.17, 15) is 0 Å². The van der Waals surface area contributed by atoms with Crippen LogP contribution in [0.5, 0.6) is 5.75 Å². The van der Waals surface area contributed by atoms with Crippen LogP contribution in [-0.4, -0.2) is 31.7 Å². The van der Waals surface area contributed by atoms with Gasteiger partial charge in [0.15, 0.2) is 5.82 Å². The molecule has 102 valence electrons. The smallest absolute Gasteiger partial charge is 0.162 e. The molecule has 0 aliphatic carbocycles. The molecule has 1 atom stereocenters. The molecule has 0 bridgehead atoms. The summed E-state index contributed by atoms with van der Waals surface area (Å²) in [6, 6.07) is 9.68. The van der Waals surface area contributed by atoms with E-state index in [1.807, 2.05) is 52.7 Å². The van der Waals surface area contributed by atoms with Crippen LogP contribution in [0.1, 0.15) is 18.8 Å². The fourth-order valence-electron chi connectivity index (χ4n) is 2.10. The molecule has 0 N–H and O–H groups in total. The second-order valence-corrected chi connectivity index (χ2v) is 4.42. The second kappa shape index (κ2) is 5.16. The molecule has 0 saturated carbocycles. The summed E-state index contributed by atoms with van der Waals surface area (Å²) in [5.74, 6) is 1.65. The maximum atomic E-state index is 5.17. The molecule has 3 aromatic rings. The first-order chi connectivity index (χ1) is 9.79. The molecule has 0 spiro atoms. The van der Waals surface area contributed by atoms with Gasteiger partial charge in [-0.3, -0.25) is 9.25 Å². The highest BCUT2D eigenvalue weighted by Crippen LogP contribution is 2.20. The van der Waals surface area contributed by atoms with Crippen LogP contribution in [0.25, 0.3) is 5.69 Å². The van der Waals surface area contributed by atoms with Crippen molar-refractivity contribution in [2.75, 3.05) is 7.11 Å². The molecule has 0 aliphatic heterocycles. The van der Waals surface area contributed by atoms with Crippen molar-refractivity contribution in [3.8, 4) is 11.4 Å². The average molecular weight is 269 g/mol. The number of hydrogen-bond donors (Lipinski definition) is 0. The van der Waals surface area contributed by atoms with Crippen molar-refractivity contribution in [2.24, 2.45) is 0 Å². The Kier molecular flexibility index (Phi) is 3.20. The Morgan fingerprint density at radius 2 is 2.00 bits per heavy atom. The molecule has 3 rings (SSSR count). The fraction of sp³-hybridized carbons (Fsp3) is 0.214. The van der Waals surface area contributed by atoms with Crippen molar-refractivity contribution >= 4 is 0 Å². The molecule has 1 unspecified atom stereocenters. The van der Waals surface area contributed by atoms with Crippen LogP contribution in [0.2, 0.25) is 0 Å². The second-order valence-electron chi connectivity index (χ2n) is 4.42. The molecule has 2 aromatic heterocycles. The number of rotatable bonds is 4. The Morgan fingerprint density at radius 3 is 2.65 bits per heavy atom. The Morgan fingerprint density at radius 1 is 1.20 bits per heavy atom. The normalized spacial score (nSPS) is 12.3. The highest BCUT2D eigenvalue weighted by molar-refractivity contribution is 5.38. The van der Waals surface area contributed by atoms with Gasteiger partial charge in [-0.25, -0.2) is 0 Å². The highest BCUT2D eigenvalue weighted by Gasteiger charge is 2.16. The van der Waals surface area contributed by atoms with Gasteiger partial charge in [0.25, 0.3) is 0 Å². The van der Waals surface area contributed by atoms with E-state index in [0.717, 1.165) is 17.3 Å². The van der Waals surface area contributed by atoms with E-state index < -0.39 is 0 Å². The summed E-state index contributed by atoms with van der Waals surface area (Å²) in [7, 11) is 1.65. The van der Waals surface area contributed by atoms with Crippen LogP contribution in [0.3, 0.4) is 0 Å². The van der Waals surface area contributed by atoms with E-state index in [1.54, 1.807) is 19.6 Å². The Labute approximate surface area is 116 Å². The number of methoxy groups -OCH3 is 1. The van der Waals surface area contributed by atoms with Crippen LogP contribution < -0.4 is 4.74 Å². The van der Waals surface area contributed by atoms with Crippen molar-refractivity contribution in [3.05, 3.63) is 54.9 Å². The minimum absolute atomic E-state index is 0.00889. The van der Waals surface area contributed by atoms with Gasteiger partial charge in [0.1, 0.15) is 18.1 Å². The molecule has 2 heterocycles. The molecular weight excluding hydrogens is 254 g/mol. The van der Waals surface area contributed by atoms with Gasteiger partial charge in [0.05, 0.1) is 7.11 Å². The molecule has 0 saturated heterocycles. The molecule has 6 heteroatoms. The zero-order valence-corrected chi connectivity index (χ0v) is 11.3. The predicted molar refractivity (Wildman–Crippen MR) is 74.0 cm³/mol. The van der Waals surface area contributed by atoms with Crippen LogP contribution in [0.4, 0.5) is 0 Å². The maximum Gasteiger partial charge on any atom is 0.162 e.